The van der Waals surface area contributed by atoms with E-state index < -0.39 is 0 Å². The highest BCUT2D eigenvalue weighted by Gasteiger charge is 2.24. The zero-order valence-electron chi connectivity index (χ0n) is 4.22. The minimum absolute atomic E-state index is 0.741. The van der Waals surface area contributed by atoms with E-state index in [0.29, 0.717) is 0 Å². The minimum atomic E-state index is 0.741. The van der Waals surface area contributed by atoms with E-state index in [1.165, 1.54) is 12.8 Å². The van der Waals surface area contributed by atoms with E-state index in [1.807, 2.05) is 0 Å². The molecule has 0 saturated carbocycles. The molecule has 2 aliphatic heterocycles. The minimum Gasteiger partial charge on any atom is -0.304 e. The Bertz CT molecular complexity index is 94.7. The molecule has 0 aromatic carbocycles. The summed E-state index contributed by atoms with van der Waals surface area (Å²) >= 11 is 0. The van der Waals surface area contributed by atoms with E-state index in [2.05, 4.69) is 17.5 Å². The Morgan fingerprint density at radius 3 is 1.86 bits per heavy atom. The van der Waals surface area contributed by atoms with Crippen LogP contribution < -0.4 is 5.32 Å². The summed E-state index contributed by atoms with van der Waals surface area (Å²) in [6.07, 6.45) is 7.27. The highest BCUT2D eigenvalue weighted by Crippen LogP contribution is 2.19. The lowest BCUT2D eigenvalue weighted by molar-refractivity contribution is 0.716. The van der Waals surface area contributed by atoms with Crippen LogP contribution in [0.25, 0.3) is 0 Å². The lowest BCUT2D eigenvalue weighted by atomic mass is 10.1. The normalized spacial score (nSPS) is 45.7. The molecule has 1 nitrogen and oxygen atoms in total. The van der Waals surface area contributed by atoms with Gasteiger partial charge in [-0.25, -0.2) is 0 Å². The standard InChI is InChI=1S/C6H9N/c1-2-6-4-3-5(1)7-6/h1-2,5-7H,3-4H2/t5-,6+. The van der Waals surface area contributed by atoms with Gasteiger partial charge in [0, 0.05) is 12.1 Å². The molecule has 1 heteroatoms. The second-order valence-electron chi connectivity index (χ2n) is 2.34. The molecule has 2 aliphatic rings. The van der Waals surface area contributed by atoms with Crippen LogP contribution in [-0.2, 0) is 0 Å². The molecule has 1 saturated heterocycles. The Morgan fingerprint density at radius 2 is 1.71 bits per heavy atom. The van der Waals surface area contributed by atoms with Gasteiger partial charge in [-0.2, -0.15) is 0 Å². The fourth-order valence-electron chi connectivity index (χ4n) is 1.37. The first-order chi connectivity index (χ1) is 3.45. The molecule has 38 valence electrons. The second-order valence-corrected chi connectivity index (χ2v) is 2.34. The van der Waals surface area contributed by atoms with Gasteiger partial charge in [0.05, 0.1) is 0 Å². The first-order valence-electron chi connectivity index (χ1n) is 2.89. The van der Waals surface area contributed by atoms with Gasteiger partial charge in [-0.15, -0.1) is 0 Å². The monoisotopic (exact) mass is 95.1 g/mol. The van der Waals surface area contributed by atoms with Gasteiger partial charge in [-0.3, -0.25) is 0 Å². The third-order valence-electron chi connectivity index (χ3n) is 1.79. The summed E-state index contributed by atoms with van der Waals surface area (Å²) in [5, 5.41) is 3.42. The molecule has 2 rings (SSSR count). The fourth-order valence-corrected chi connectivity index (χ4v) is 1.37. The van der Waals surface area contributed by atoms with Gasteiger partial charge < -0.3 is 5.32 Å². The smallest absolute Gasteiger partial charge is 0.0256 e. The summed E-state index contributed by atoms with van der Waals surface area (Å²) in [7, 11) is 0. The van der Waals surface area contributed by atoms with E-state index >= 15 is 0 Å². The molecule has 2 bridgehead atoms. The SMILES string of the molecule is C1=C[C@H]2CC[C@@H]1N2. The molecule has 1 N–H and O–H groups in total. The maximum absolute atomic E-state index is 3.42. The molecular weight excluding hydrogens is 86.1 g/mol. The highest BCUT2D eigenvalue weighted by atomic mass is 15.0. The molecule has 1 fully saturated rings. The summed E-state index contributed by atoms with van der Waals surface area (Å²) < 4.78 is 0. The van der Waals surface area contributed by atoms with E-state index in [0.717, 1.165) is 12.1 Å². The van der Waals surface area contributed by atoms with E-state index in [4.69, 9.17) is 0 Å². The average molecular weight is 95.1 g/mol. The Hall–Kier alpha value is -0.300. The maximum Gasteiger partial charge on any atom is 0.0256 e. The predicted molar refractivity (Wildman–Crippen MR) is 29.1 cm³/mol. The predicted octanol–water partition coefficient (Wildman–Crippen LogP) is 0.677. The van der Waals surface area contributed by atoms with Crippen LogP contribution in [0.1, 0.15) is 12.8 Å². The quantitative estimate of drug-likeness (QED) is 0.436. The third-order valence-corrected chi connectivity index (χ3v) is 1.79. The molecule has 0 aromatic rings. The number of fused-ring (bicyclic) bond motifs is 2. The van der Waals surface area contributed by atoms with Crippen molar-refractivity contribution in [2.24, 2.45) is 0 Å². The van der Waals surface area contributed by atoms with Crippen molar-refractivity contribution in [1.29, 1.82) is 0 Å². The molecule has 0 aliphatic carbocycles. The van der Waals surface area contributed by atoms with Crippen LogP contribution in [0, 0.1) is 0 Å². The topological polar surface area (TPSA) is 12.0 Å². The average Bonchev–Trinajstić information content (AvgIpc) is 2.22. The first-order valence-corrected chi connectivity index (χ1v) is 2.89. The van der Waals surface area contributed by atoms with Crippen molar-refractivity contribution >= 4 is 0 Å². The van der Waals surface area contributed by atoms with Gasteiger partial charge in [-0.05, 0) is 12.8 Å². The molecule has 2 heterocycles. The zero-order chi connectivity index (χ0) is 4.69. The van der Waals surface area contributed by atoms with E-state index in [9.17, 15) is 0 Å². The summed E-state index contributed by atoms with van der Waals surface area (Å²) in [5.74, 6) is 0. The summed E-state index contributed by atoms with van der Waals surface area (Å²) in [5.41, 5.74) is 0. The molecule has 7 heavy (non-hydrogen) atoms. The van der Waals surface area contributed by atoms with Crippen molar-refractivity contribution in [3.05, 3.63) is 12.2 Å². The van der Waals surface area contributed by atoms with Crippen LogP contribution in [0.15, 0.2) is 12.2 Å². The van der Waals surface area contributed by atoms with Crippen LogP contribution in [0.4, 0.5) is 0 Å². The lowest BCUT2D eigenvalue weighted by Gasteiger charge is -1.94. The lowest BCUT2D eigenvalue weighted by Crippen LogP contribution is -2.19. The maximum atomic E-state index is 3.42. The van der Waals surface area contributed by atoms with Gasteiger partial charge in [0.15, 0.2) is 0 Å². The van der Waals surface area contributed by atoms with Crippen molar-refractivity contribution in [2.45, 2.75) is 24.9 Å². The third kappa shape index (κ3) is 0.416. The number of rotatable bonds is 0. The summed E-state index contributed by atoms with van der Waals surface area (Å²) in [4.78, 5) is 0. The van der Waals surface area contributed by atoms with Gasteiger partial charge in [0.2, 0.25) is 0 Å². The number of hydrogen-bond acceptors (Lipinski definition) is 1. The van der Waals surface area contributed by atoms with Crippen molar-refractivity contribution in [3.8, 4) is 0 Å². The molecule has 0 unspecified atom stereocenters. The van der Waals surface area contributed by atoms with Crippen LogP contribution in [0.3, 0.4) is 0 Å². The Kier molecular flexibility index (Phi) is 0.577. The van der Waals surface area contributed by atoms with Gasteiger partial charge in [0.25, 0.3) is 0 Å². The Balaban J connectivity index is 2.27. The van der Waals surface area contributed by atoms with E-state index in [-0.39, 0.29) is 0 Å². The van der Waals surface area contributed by atoms with Crippen molar-refractivity contribution in [3.63, 3.8) is 0 Å². The number of hydrogen-bond donors (Lipinski definition) is 1. The van der Waals surface area contributed by atoms with Crippen molar-refractivity contribution in [2.75, 3.05) is 0 Å². The Morgan fingerprint density at radius 1 is 1.14 bits per heavy atom. The molecule has 2 atom stereocenters. The molecular formula is C6H9N. The van der Waals surface area contributed by atoms with Crippen molar-refractivity contribution in [1.82, 2.24) is 5.32 Å². The summed E-state index contributed by atoms with van der Waals surface area (Å²) in [6.45, 7) is 0. The van der Waals surface area contributed by atoms with Crippen LogP contribution in [-0.4, -0.2) is 12.1 Å². The Labute approximate surface area is 43.4 Å². The number of nitrogens with one attached hydrogen (secondary N) is 1. The van der Waals surface area contributed by atoms with Crippen LogP contribution >= 0.6 is 0 Å². The van der Waals surface area contributed by atoms with Gasteiger partial charge in [-0.1, -0.05) is 12.2 Å². The van der Waals surface area contributed by atoms with E-state index in [1.54, 1.807) is 0 Å². The molecule has 0 spiro atoms. The largest absolute Gasteiger partial charge is 0.304 e. The molecule has 0 aromatic heterocycles. The highest BCUT2D eigenvalue weighted by molar-refractivity contribution is 5.13. The summed E-state index contributed by atoms with van der Waals surface area (Å²) in [6, 6.07) is 1.48. The van der Waals surface area contributed by atoms with Crippen LogP contribution in [0.5, 0.6) is 0 Å². The van der Waals surface area contributed by atoms with Gasteiger partial charge >= 0.3 is 0 Å². The molecule has 0 radical (unpaired) electrons. The first kappa shape index (κ1) is 3.67. The molecule has 0 amide bonds. The van der Waals surface area contributed by atoms with Gasteiger partial charge in [0.1, 0.15) is 0 Å². The second kappa shape index (κ2) is 1.10. The zero-order valence-corrected chi connectivity index (χ0v) is 4.22. The van der Waals surface area contributed by atoms with Crippen molar-refractivity contribution < 1.29 is 0 Å². The van der Waals surface area contributed by atoms with Crippen LogP contribution in [0.2, 0.25) is 0 Å². The fraction of sp³-hybridized carbons (Fsp3) is 0.667.